The van der Waals surface area contributed by atoms with Crippen LogP contribution in [0.5, 0.6) is 0 Å². The molecule has 1 heterocycles. The van der Waals surface area contributed by atoms with Crippen LogP contribution in [0, 0.1) is 23.7 Å². The van der Waals surface area contributed by atoms with Crippen LogP contribution in [-0.2, 0) is 23.9 Å². The Kier molecular flexibility index (Phi) is 3.72. The average Bonchev–Trinajstić information content (AvgIpc) is 3.14. The van der Waals surface area contributed by atoms with Crippen LogP contribution in [0.25, 0.3) is 0 Å². The van der Waals surface area contributed by atoms with Crippen LogP contribution < -0.4 is 5.32 Å². The van der Waals surface area contributed by atoms with Gasteiger partial charge in [0.25, 0.3) is 5.91 Å². The predicted octanol–water partition coefficient (Wildman–Crippen LogP) is 2.02. The Morgan fingerprint density at radius 3 is 2.96 bits per heavy atom. The van der Waals surface area contributed by atoms with Gasteiger partial charge in [0.05, 0.1) is 11.8 Å². The van der Waals surface area contributed by atoms with Gasteiger partial charge in [0, 0.05) is 16.6 Å². The van der Waals surface area contributed by atoms with Crippen LogP contribution in [0.3, 0.4) is 0 Å². The van der Waals surface area contributed by atoms with Crippen molar-refractivity contribution in [3.8, 4) is 0 Å². The second-order valence-corrected chi connectivity index (χ2v) is 7.02. The molecule has 0 spiro atoms. The molecule has 4 rings (SSSR count). The molecule has 3 fully saturated rings. The van der Waals surface area contributed by atoms with Gasteiger partial charge in [-0.15, -0.1) is 0 Å². The summed E-state index contributed by atoms with van der Waals surface area (Å²) in [6.07, 6.45) is 1.53. The Bertz CT molecular complexity index is 719. The summed E-state index contributed by atoms with van der Waals surface area (Å²) in [4.78, 5) is 36.1. The van der Waals surface area contributed by atoms with E-state index in [1.807, 2.05) is 0 Å². The lowest BCUT2D eigenvalue weighted by molar-refractivity contribution is -0.157. The maximum atomic E-state index is 12.3. The maximum absolute atomic E-state index is 12.3. The van der Waals surface area contributed by atoms with Gasteiger partial charge in [0.2, 0.25) is 0 Å². The molecule has 24 heavy (non-hydrogen) atoms. The highest BCUT2D eigenvalue weighted by atomic mass is 35.5. The average molecular weight is 350 g/mol. The first-order valence-electron chi connectivity index (χ1n) is 7.95. The smallest absolute Gasteiger partial charge is 0.310 e. The highest BCUT2D eigenvalue weighted by Crippen LogP contribution is 2.57. The number of rotatable bonds is 4. The molecule has 1 saturated heterocycles. The van der Waals surface area contributed by atoms with Gasteiger partial charge in [-0.1, -0.05) is 17.7 Å². The number of nitrogens with one attached hydrogen (secondary N) is 1. The summed E-state index contributed by atoms with van der Waals surface area (Å²) in [5.74, 6) is -1.82. The van der Waals surface area contributed by atoms with Crippen LogP contribution in [0.4, 0.5) is 5.69 Å². The summed E-state index contributed by atoms with van der Waals surface area (Å²) in [6.45, 7) is -0.384. The number of amides is 1. The normalized spacial score (nSPS) is 32.5. The number of hydrogen-bond acceptors (Lipinski definition) is 5. The van der Waals surface area contributed by atoms with Gasteiger partial charge < -0.3 is 14.8 Å². The molecule has 2 saturated carbocycles. The molecule has 1 N–H and O–H groups in total. The number of carbonyl (C=O) groups excluding carboxylic acids is 3. The van der Waals surface area contributed by atoms with Crippen molar-refractivity contribution in [3.05, 3.63) is 29.3 Å². The topological polar surface area (TPSA) is 81.7 Å². The molecule has 2 aliphatic carbocycles. The van der Waals surface area contributed by atoms with Crippen LogP contribution in [0.1, 0.15) is 12.8 Å². The SMILES string of the molecule is O=C(COC(=O)[C@@H]1[C@@H]2C[C@H]3[C@@H]1C(=O)O[C@@H]3C2)Nc1cccc(Cl)c1. The van der Waals surface area contributed by atoms with E-state index in [9.17, 15) is 14.4 Å². The Hall–Kier alpha value is -2.08. The molecular weight excluding hydrogens is 334 g/mol. The number of carbonyl (C=O) groups is 3. The largest absolute Gasteiger partial charge is 0.462 e. The van der Waals surface area contributed by atoms with Crippen molar-refractivity contribution in [1.29, 1.82) is 0 Å². The number of halogens is 1. The zero-order chi connectivity index (χ0) is 16.8. The van der Waals surface area contributed by atoms with E-state index < -0.39 is 23.7 Å². The van der Waals surface area contributed by atoms with Crippen molar-refractivity contribution in [1.82, 2.24) is 0 Å². The minimum atomic E-state index is -0.481. The standard InChI is InChI=1S/C17H16ClNO5/c18-9-2-1-3-10(6-9)19-13(20)7-23-16(21)14-8-4-11-12(5-8)24-17(22)15(11)14/h1-3,6,8,11-12,14-15H,4-5,7H2,(H,19,20)/t8-,11-,12-,14-,15+/m1/s1. The van der Waals surface area contributed by atoms with Crippen molar-refractivity contribution in [3.63, 3.8) is 0 Å². The van der Waals surface area contributed by atoms with Gasteiger partial charge in [-0.25, -0.2) is 0 Å². The highest BCUT2D eigenvalue weighted by molar-refractivity contribution is 6.30. The molecule has 0 unspecified atom stereocenters. The van der Waals surface area contributed by atoms with Crippen LogP contribution >= 0.6 is 11.6 Å². The molecule has 6 nitrogen and oxygen atoms in total. The highest BCUT2D eigenvalue weighted by Gasteiger charge is 2.64. The molecule has 0 radical (unpaired) electrons. The number of esters is 2. The molecular formula is C17H16ClNO5. The molecule has 3 aliphatic rings. The van der Waals surface area contributed by atoms with E-state index in [4.69, 9.17) is 21.1 Å². The Morgan fingerprint density at radius 1 is 1.33 bits per heavy atom. The fourth-order valence-electron chi connectivity index (χ4n) is 4.32. The number of ether oxygens (including phenoxy) is 2. The van der Waals surface area contributed by atoms with Gasteiger partial charge >= 0.3 is 11.9 Å². The lowest BCUT2D eigenvalue weighted by atomic mass is 9.80. The van der Waals surface area contributed by atoms with E-state index in [1.165, 1.54) is 0 Å². The third kappa shape index (κ3) is 2.55. The number of anilines is 1. The van der Waals surface area contributed by atoms with Gasteiger partial charge in [-0.05, 0) is 37.0 Å². The summed E-state index contributed by atoms with van der Waals surface area (Å²) < 4.78 is 10.4. The molecule has 1 aliphatic heterocycles. The Labute approximate surface area is 143 Å². The number of benzene rings is 1. The summed E-state index contributed by atoms with van der Waals surface area (Å²) >= 11 is 5.85. The molecule has 0 aromatic heterocycles. The van der Waals surface area contributed by atoms with E-state index in [0.29, 0.717) is 10.7 Å². The number of fused-ring (bicyclic) bond motifs is 1. The molecule has 126 valence electrons. The van der Waals surface area contributed by atoms with E-state index in [1.54, 1.807) is 24.3 Å². The van der Waals surface area contributed by atoms with Crippen molar-refractivity contribution in [2.24, 2.45) is 23.7 Å². The second kappa shape index (κ2) is 5.77. The fraction of sp³-hybridized carbons (Fsp3) is 0.471. The monoisotopic (exact) mass is 349 g/mol. The van der Waals surface area contributed by atoms with Gasteiger partial charge in [-0.3, -0.25) is 14.4 Å². The molecule has 5 atom stereocenters. The van der Waals surface area contributed by atoms with Crippen molar-refractivity contribution in [2.45, 2.75) is 18.9 Å². The lowest BCUT2D eigenvalue weighted by Crippen LogP contribution is -2.34. The second-order valence-electron chi connectivity index (χ2n) is 6.59. The molecule has 2 bridgehead atoms. The van der Waals surface area contributed by atoms with Gasteiger partial charge in [0.15, 0.2) is 6.61 Å². The third-order valence-electron chi connectivity index (χ3n) is 5.21. The fourth-order valence-corrected chi connectivity index (χ4v) is 4.51. The zero-order valence-corrected chi connectivity index (χ0v) is 13.5. The quantitative estimate of drug-likeness (QED) is 0.841. The van der Waals surface area contributed by atoms with Crippen LogP contribution in [0.2, 0.25) is 5.02 Å². The third-order valence-corrected chi connectivity index (χ3v) is 5.44. The molecule has 1 amide bonds. The summed E-state index contributed by atoms with van der Waals surface area (Å²) in [7, 11) is 0. The summed E-state index contributed by atoms with van der Waals surface area (Å²) in [6, 6.07) is 6.70. The van der Waals surface area contributed by atoms with Crippen LogP contribution in [0.15, 0.2) is 24.3 Å². The Balaban J connectivity index is 1.34. The molecule has 7 heteroatoms. The van der Waals surface area contributed by atoms with Crippen LogP contribution in [-0.4, -0.2) is 30.6 Å². The molecule has 1 aromatic carbocycles. The van der Waals surface area contributed by atoms with Crippen molar-refractivity contribution >= 4 is 35.1 Å². The summed E-state index contributed by atoms with van der Waals surface area (Å²) in [5.41, 5.74) is 0.533. The first kappa shape index (κ1) is 15.4. The first-order chi connectivity index (χ1) is 11.5. The minimum Gasteiger partial charge on any atom is -0.462 e. The zero-order valence-electron chi connectivity index (χ0n) is 12.7. The minimum absolute atomic E-state index is 0.0253. The maximum Gasteiger partial charge on any atom is 0.310 e. The van der Waals surface area contributed by atoms with E-state index in [2.05, 4.69) is 5.32 Å². The predicted molar refractivity (Wildman–Crippen MR) is 84.1 cm³/mol. The lowest BCUT2D eigenvalue weighted by Gasteiger charge is -2.22. The van der Waals surface area contributed by atoms with Crippen molar-refractivity contribution in [2.75, 3.05) is 11.9 Å². The van der Waals surface area contributed by atoms with E-state index >= 15 is 0 Å². The number of hydrogen-bond donors (Lipinski definition) is 1. The van der Waals surface area contributed by atoms with Gasteiger partial charge in [-0.2, -0.15) is 0 Å². The van der Waals surface area contributed by atoms with Gasteiger partial charge in [0.1, 0.15) is 6.10 Å². The molecule has 1 aromatic rings. The summed E-state index contributed by atoms with van der Waals surface area (Å²) in [5, 5.41) is 3.11. The Morgan fingerprint density at radius 2 is 2.17 bits per heavy atom. The van der Waals surface area contributed by atoms with E-state index in [-0.39, 0.29) is 30.5 Å². The first-order valence-corrected chi connectivity index (χ1v) is 8.33. The van der Waals surface area contributed by atoms with E-state index in [0.717, 1.165) is 12.8 Å². The van der Waals surface area contributed by atoms with Crippen molar-refractivity contribution < 1.29 is 23.9 Å².